The van der Waals surface area contributed by atoms with Gasteiger partial charge in [0.25, 0.3) is 0 Å². The fourth-order valence-electron chi connectivity index (χ4n) is 2.25. The Kier molecular flexibility index (Phi) is 4.64. The van der Waals surface area contributed by atoms with Crippen molar-refractivity contribution in [3.63, 3.8) is 0 Å². The first-order chi connectivity index (χ1) is 11.2. The molecule has 23 heavy (non-hydrogen) atoms. The topological polar surface area (TPSA) is 63.8 Å². The van der Waals surface area contributed by atoms with Crippen LogP contribution >= 0.6 is 15.9 Å². The number of hydrogen-bond acceptors (Lipinski definition) is 4. The number of benzene rings is 1. The van der Waals surface area contributed by atoms with Gasteiger partial charge in [-0.1, -0.05) is 34.1 Å². The van der Waals surface area contributed by atoms with Gasteiger partial charge in [0.15, 0.2) is 0 Å². The molecule has 6 heteroatoms. The summed E-state index contributed by atoms with van der Waals surface area (Å²) in [5.74, 6) is 0. The molecule has 0 aliphatic carbocycles. The number of pyridine rings is 1. The van der Waals surface area contributed by atoms with Crippen molar-refractivity contribution in [2.75, 3.05) is 0 Å². The Bertz CT molecular complexity index is 772. The smallest absolute Gasteiger partial charge is 0.137 e. The highest BCUT2D eigenvalue weighted by Gasteiger charge is 2.27. The summed E-state index contributed by atoms with van der Waals surface area (Å²) >= 11 is 3.41. The minimum Gasteiger partial charge on any atom is -0.379 e. The van der Waals surface area contributed by atoms with Gasteiger partial charge in [-0.2, -0.15) is 5.10 Å². The number of hydrogen-bond donors (Lipinski definition) is 1. The van der Waals surface area contributed by atoms with Crippen molar-refractivity contribution in [2.45, 2.75) is 12.1 Å². The van der Waals surface area contributed by atoms with Gasteiger partial charge < -0.3 is 5.11 Å². The van der Waals surface area contributed by atoms with Crippen LogP contribution in [0, 0.1) is 0 Å². The molecule has 2 aromatic heterocycles. The SMILES string of the molecule is O[C@@](/C=C/c1ccc(Br)cc1)(Cn1cncn1)c1ccncc1. The van der Waals surface area contributed by atoms with E-state index in [9.17, 15) is 5.11 Å². The van der Waals surface area contributed by atoms with Gasteiger partial charge in [-0.15, -0.1) is 0 Å². The quantitative estimate of drug-likeness (QED) is 0.749. The van der Waals surface area contributed by atoms with Gasteiger partial charge in [-0.3, -0.25) is 4.98 Å². The van der Waals surface area contributed by atoms with E-state index in [4.69, 9.17) is 0 Å². The maximum atomic E-state index is 11.2. The second-order valence-corrected chi connectivity index (χ2v) is 6.05. The summed E-state index contributed by atoms with van der Waals surface area (Å²) in [4.78, 5) is 7.94. The van der Waals surface area contributed by atoms with Crippen molar-refractivity contribution in [1.82, 2.24) is 19.7 Å². The van der Waals surface area contributed by atoms with Crippen molar-refractivity contribution in [1.29, 1.82) is 0 Å². The van der Waals surface area contributed by atoms with Crippen molar-refractivity contribution in [3.05, 3.63) is 83.1 Å². The molecule has 0 saturated carbocycles. The van der Waals surface area contributed by atoms with Crippen LogP contribution in [-0.2, 0) is 12.1 Å². The summed E-state index contributed by atoms with van der Waals surface area (Å²) in [5, 5.41) is 15.2. The largest absolute Gasteiger partial charge is 0.379 e. The molecule has 0 radical (unpaired) electrons. The predicted octanol–water partition coefficient (Wildman–Crippen LogP) is 3.04. The predicted molar refractivity (Wildman–Crippen MR) is 91.3 cm³/mol. The molecule has 5 nitrogen and oxygen atoms in total. The molecule has 0 unspecified atom stereocenters. The van der Waals surface area contributed by atoms with E-state index in [-0.39, 0.29) is 6.54 Å². The van der Waals surface area contributed by atoms with Crippen LogP contribution < -0.4 is 0 Å². The Labute approximate surface area is 142 Å². The van der Waals surface area contributed by atoms with Crippen LogP contribution in [0.15, 0.2) is 72.0 Å². The lowest BCUT2D eigenvalue weighted by atomic mass is 9.93. The van der Waals surface area contributed by atoms with Crippen molar-refractivity contribution < 1.29 is 5.11 Å². The monoisotopic (exact) mass is 370 g/mol. The van der Waals surface area contributed by atoms with Gasteiger partial charge in [0, 0.05) is 16.9 Å². The molecular weight excluding hydrogens is 356 g/mol. The van der Waals surface area contributed by atoms with Gasteiger partial charge in [-0.05, 0) is 41.5 Å². The summed E-state index contributed by atoms with van der Waals surface area (Å²) in [7, 11) is 0. The van der Waals surface area contributed by atoms with Crippen LogP contribution in [-0.4, -0.2) is 24.9 Å². The molecule has 1 atom stereocenters. The molecule has 1 N–H and O–H groups in total. The second kappa shape index (κ2) is 6.85. The molecule has 0 spiro atoms. The average Bonchev–Trinajstić information content (AvgIpc) is 3.08. The van der Waals surface area contributed by atoms with Crippen LogP contribution in [0.2, 0.25) is 0 Å². The number of halogens is 1. The number of aromatic nitrogens is 4. The zero-order chi connectivity index (χ0) is 16.1. The average molecular weight is 371 g/mol. The third-order valence-corrected chi connectivity index (χ3v) is 4.00. The second-order valence-electron chi connectivity index (χ2n) is 5.14. The van der Waals surface area contributed by atoms with E-state index >= 15 is 0 Å². The first kappa shape index (κ1) is 15.6. The van der Waals surface area contributed by atoms with Crippen LogP contribution in [0.5, 0.6) is 0 Å². The first-order valence-electron chi connectivity index (χ1n) is 7.06. The molecule has 116 valence electrons. The molecular formula is C17H15BrN4O. The first-order valence-corrected chi connectivity index (χ1v) is 7.85. The molecule has 0 amide bonds. The normalized spacial score (nSPS) is 14.0. The summed E-state index contributed by atoms with van der Waals surface area (Å²) < 4.78 is 2.62. The standard InChI is InChI=1S/C17H15BrN4O/c18-16-3-1-14(2-4-16)5-8-17(23,11-22-13-20-12-21-22)15-6-9-19-10-7-15/h1-10,12-13,23H,11H2/b8-5+/t17-/m0/s1. The highest BCUT2D eigenvalue weighted by molar-refractivity contribution is 9.10. The molecule has 3 rings (SSSR count). The third kappa shape index (κ3) is 3.91. The Morgan fingerprint density at radius 3 is 2.48 bits per heavy atom. The van der Waals surface area contributed by atoms with E-state index in [0.717, 1.165) is 15.6 Å². The van der Waals surface area contributed by atoms with Gasteiger partial charge in [0.2, 0.25) is 0 Å². The van der Waals surface area contributed by atoms with Gasteiger partial charge >= 0.3 is 0 Å². The van der Waals surface area contributed by atoms with Crippen LogP contribution in [0.1, 0.15) is 11.1 Å². The van der Waals surface area contributed by atoms with Crippen LogP contribution in [0.25, 0.3) is 6.08 Å². The maximum Gasteiger partial charge on any atom is 0.137 e. The van der Waals surface area contributed by atoms with Crippen molar-refractivity contribution >= 4 is 22.0 Å². The van der Waals surface area contributed by atoms with Crippen molar-refractivity contribution in [2.24, 2.45) is 0 Å². The summed E-state index contributed by atoms with van der Waals surface area (Å²) in [6.07, 6.45) is 10.0. The minimum absolute atomic E-state index is 0.268. The molecule has 0 aliphatic heterocycles. The summed E-state index contributed by atoms with van der Waals surface area (Å²) in [6.45, 7) is 0.268. The maximum absolute atomic E-state index is 11.2. The zero-order valence-electron chi connectivity index (χ0n) is 12.2. The van der Waals surface area contributed by atoms with Crippen LogP contribution in [0.4, 0.5) is 0 Å². The Hall–Kier alpha value is -2.31. The number of rotatable bonds is 5. The van der Waals surface area contributed by atoms with E-state index in [0.29, 0.717) is 0 Å². The molecule has 2 heterocycles. The van der Waals surface area contributed by atoms with Gasteiger partial charge in [0.1, 0.15) is 18.3 Å². The van der Waals surface area contributed by atoms with E-state index in [1.54, 1.807) is 41.6 Å². The van der Waals surface area contributed by atoms with E-state index in [1.165, 1.54) is 6.33 Å². The summed E-state index contributed by atoms with van der Waals surface area (Å²) in [5.41, 5.74) is 0.541. The van der Waals surface area contributed by atoms with E-state index in [2.05, 4.69) is 31.0 Å². The fraction of sp³-hybridized carbons (Fsp3) is 0.118. The van der Waals surface area contributed by atoms with Crippen LogP contribution in [0.3, 0.4) is 0 Å². The minimum atomic E-state index is -1.20. The Morgan fingerprint density at radius 1 is 1.09 bits per heavy atom. The molecule has 3 aromatic rings. The highest BCUT2D eigenvalue weighted by Crippen LogP contribution is 2.25. The van der Waals surface area contributed by atoms with Crippen molar-refractivity contribution in [3.8, 4) is 0 Å². The molecule has 0 saturated heterocycles. The third-order valence-electron chi connectivity index (χ3n) is 3.47. The fourth-order valence-corrected chi connectivity index (χ4v) is 2.51. The number of aliphatic hydroxyl groups is 1. The Balaban J connectivity index is 1.93. The molecule has 0 bridgehead atoms. The van der Waals surface area contributed by atoms with Gasteiger partial charge in [-0.25, -0.2) is 9.67 Å². The number of nitrogens with zero attached hydrogens (tertiary/aromatic N) is 4. The highest BCUT2D eigenvalue weighted by atomic mass is 79.9. The summed E-state index contributed by atoms with van der Waals surface area (Å²) in [6, 6.07) is 11.5. The lowest BCUT2D eigenvalue weighted by molar-refractivity contribution is 0.0663. The van der Waals surface area contributed by atoms with E-state index in [1.807, 2.05) is 30.3 Å². The molecule has 0 aliphatic rings. The molecule has 1 aromatic carbocycles. The lowest BCUT2D eigenvalue weighted by Crippen LogP contribution is -2.29. The Morgan fingerprint density at radius 2 is 1.83 bits per heavy atom. The lowest BCUT2D eigenvalue weighted by Gasteiger charge is -2.25. The van der Waals surface area contributed by atoms with Gasteiger partial charge in [0.05, 0.1) is 6.54 Å². The molecule has 0 fully saturated rings. The van der Waals surface area contributed by atoms with E-state index < -0.39 is 5.60 Å². The zero-order valence-corrected chi connectivity index (χ0v) is 13.8.